The van der Waals surface area contributed by atoms with Gasteiger partial charge in [0.1, 0.15) is 5.75 Å². The summed E-state index contributed by atoms with van der Waals surface area (Å²) < 4.78 is 5.48. The second-order valence-electron chi connectivity index (χ2n) is 9.81. The summed E-state index contributed by atoms with van der Waals surface area (Å²) in [4.78, 5) is 0. The molecule has 3 heteroatoms. The van der Waals surface area contributed by atoms with Crippen LogP contribution in [-0.4, -0.2) is 29.5 Å². The third-order valence-electron chi connectivity index (χ3n) is 8.40. The number of rotatable bonds is 7. The van der Waals surface area contributed by atoms with E-state index in [1.54, 1.807) is 0 Å². The molecule has 6 atom stereocenters. The number of phenolic OH excluding ortho intramolecular Hbond substituents is 1. The summed E-state index contributed by atoms with van der Waals surface area (Å²) in [5.41, 5.74) is 3.03. The molecule has 0 spiro atoms. The first kappa shape index (κ1) is 20.2. The van der Waals surface area contributed by atoms with E-state index in [0.29, 0.717) is 29.4 Å². The number of benzene rings is 1. The number of hydrogen-bond donors (Lipinski definition) is 2. The Bertz CT molecular complexity index is 672. The molecule has 0 amide bonds. The van der Waals surface area contributed by atoms with Crippen molar-refractivity contribution in [2.24, 2.45) is 17.3 Å². The minimum absolute atomic E-state index is 0.114. The van der Waals surface area contributed by atoms with Gasteiger partial charge in [-0.25, -0.2) is 0 Å². The highest BCUT2D eigenvalue weighted by Crippen LogP contribution is 2.62. The molecule has 2 fully saturated rings. The Morgan fingerprint density at radius 2 is 1.96 bits per heavy atom. The lowest BCUT2D eigenvalue weighted by Crippen LogP contribution is -2.44. The molecule has 0 heterocycles. The van der Waals surface area contributed by atoms with Crippen LogP contribution >= 0.6 is 0 Å². The van der Waals surface area contributed by atoms with Crippen molar-refractivity contribution in [3.63, 3.8) is 0 Å². The van der Waals surface area contributed by atoms with E-state index in [-0.39, 0.29) is 11.5 Å². The fourth-order valence-electron chi connectivity index (χ4n) is 6.87. The molecule has 0 saturated heterocycles. The summed E-state index contributed by atoms with van der Waals surface area (Å²) in [7, 11) is 0. The van der Waals surface area contributed by atoms with Crippen LogP contribution in [0.5, 0.6) is 5.75 Å². The number of fused-ring (bicyclic) bond motifs is 5. The maximum Gasteiger partial charge on any atom is 0.115 e. The molecule has 2 N–H and O–H groups in total. The van der Waals surface area contributed by atoms with Crippen molar-refractivity contribution in [2.75, 3.05) is 13.2 Å². The van der Waals surface area contributed by atoms with Crippen molar-refractivity contribution >= 4 is 0 Å². The summed E-state index contributed by atoms with van der Waals surface area (Å²) >= 11 is 0. The smallest absolute Gasteiger partial charge is 0.115 e. The Kier molecular flexibility index (Phi) is 6.04. The van der Waals surface area contributed by atoms with E-state index in [1.165, 1.54) is 49.7 Å². The lowest BCUT2D eigenvalue weighted by molar-refractivity contribution is -0.0252. The largest absolute Gasteiger partial charge is 0.508 e. The van der Waals surface area contributed by atoms with E-state index in [1.807, 2.05) is 12.1 Å². The number of aromatic hydroxyl groups is 1. The van der Waals surface area contributed by atoms with E-state index >= 15 is 0 Å². The fourth-order valence-corrected chi connectivity index (χ4v) is 6.87. The van der Waals surface area contributed by atoms with Gasteiger partial charge in [0.15, 0.2) is 0 Å². The second-order valence-corrected chi connectivity index (χ2v) is 9.81. The van der Waals surface area contributed by atoms with Gasteiger partial charge >= 0.3 is 0 Å². The van der Waals surface area contributed by atoms with Crippen molar-refractivity contribution in [3.8, 4) is 5.75 Å². The lowest BCUT2D eigenvalue weighted by atomic mass is 9.53. The standard InChI is InChI=1S/C25H38O3/c1-3-28-14-6-4-5-7-17-15-22-20(19-9-8-18(26)16-21(17)19)12-13-25(2)23(22)10-11-24(25)27/h8-9,16-17,20,22-24,26-27H,3-7,10-15H2,1-2H3/t17?,20-,22-,23+,24+,25+/m1/s1. The van der Waals surface area contributed by atoms with Gasteiger partial charge in [-0.3, -0.25) is 0 Å². The third kappa shape index (κ3) is 3.61. The Morgan fingerprint density at radius 1 is 1.11 bits per heavy atom. The van der Waals surface area contributed by atoms with Gasteiger partial charge in [-0.15, -0.1) is 0 Å². The highest BCUT2D eigenvalue weighted by atomic mass is 16.5. The second kappa shape index (κ2) is 8.36. The van der Waals surface area contributed by atoms with Crippen molar-refractivity contribution in [2.45, 2.75) is 89.6 Å². The van der Waals surface area contributed by atoms with Crippen LogP contribution in [0.3, 0.4) is 0 Å². The Labute approximate surface area is 170 Å². The summed E-state index contributed by atoms with van der Waals surface area (Å²) in [6, 6.07) is 6.14. The number of unbranched alkanes of at least 4 members (excludes halogenated alkanes) is 2. The quantitative estimate of drug-likeness (QED) is 0.587. The molecular formula is C25H38O3. The number of aliphatic hydroxyl groups is 1. The zero-order valence-electron chi connectivity index (χ0n) is 17.7. The van der Waals surface area contributed by atoms with Gasteiger partial charge in [0.2, 0.25) is 0 Å². The van der Waals surface area contributed by atoms with Gasteiger partial charge in [0.25, 0.3) is 0 Å². The van der Waals surface area contributed by atoms with Crippen LogP contribution in [-0.2, 0) is 4.74 Å². The third-order valence-corrected chi connectivity index (χ3v) is 8.40. The summed E-state index contributed by atoms with van der Waals surface area (Å²) in [5.74, 6) is 2.93. The van der Waals surface area contributed by atoms with Gasteiger partial charge in [-0.2, -0.15) is 0 Å². The Morgan fingerprint density at radius 3 is 2.79 bits per heavy atom. The first-order valence-corrected chi connectivity index (χ1v) is 11.6. The summed E-state index contributed by atoms with van der Waals surface area (Å²) in [6.07, 6.45) is 10.4. The van der Waals surface area contributed by atoms with Crippen LogP contribution in [0.15, 0.2) is 18.2 Å². The predicted octanol–water partition coefficient (Wildman–Crippen LogP) is 5.75. The molecule has 0 radical (unpaired) electrons. The maximum absolute atomic E-state index is 10.7. The maximum atomic E-state index is 10.7. The van der Waals surface area contributed by atoms with E-state index in [9.17, 15) is 10.2 Å². The zero-order valence-corrected chi connectivity index (χ0v) is 17.7. The molecule has 0 bridgehead atoms. The predicted molar refractivity (Wildman–Crippen MR) is 113 cm³/mol. The van der Waals surface area contributed by atoms with Crippen molar-refractivity contribution in [1.82, 2.24) is 0 Å². The molecule has 3 nitrogen and oxygen atoms in total. The topological polar surface area (TPSA) is 49.7 Å². The summed E-state index contributed by atoms with van der Waals surface area (Å²) in [6.45, 7) is 6.09. The van der Waals surface area contributed by atoms with Crippen molar-refractivity contribution < 1.29 is 14.9 Å². The van der Waals surface area contributed by atoms with Crippen LogP contribution in [0, 0.1) is 17.3 Å². The molecule has 156 valence electrons. The zero-order chi connectivity index (χ0) is 19.7. The molecule has 0 aromatic heterocycles. The molecule has 28 heavy (non-hydrogen) atoms. The molecule has 1 unspecified atom stereocenters. The van der Waals surface area contributed by atoms with Crippen LogP contribution in [0.25, 0.3) is 0 Å². The number of phenols is 1. The van der Waals surface area contributed by atoms with Crippen LogP contribution < -0.4 is 0 Å². The minimum Gasteiger partial charge on any atom is -0.508 e. The molecule has 1 aromatic rings. The van der Waals surface area contributed by atoms with Gasteiger partial charge in [-0.05, 0) is 104 Å². The number of aliphatic hydroxyl groups excluding tert-OH is 1. The van der Waals surface area contributed by atoms with Crippen molar-refractivity contribution in [1.29, 1.82) is 0 Å². The van der Waals surface area contributed by atoms with Gasteiger partial charge in [0, 0.05) is 13.2 Å². The normalized spacial score (nSPS) is 36.6. The van der Waals surface area contributed by atoms with E-state index in [4.69, 9.17) is 4.74 Å². The van der Waals surface area contributed by atoms with Crippen LogP contribution in [0.2, 0.25) is 0 Å². The highest BCUT2D eigenvalue weighted by Gasteiger charge is 2.55. The molecular weight excluding hydrogens is 348 g/mol. The fraction of sp³-hybridized carbons (Fsp3) is 0.760. The first-order valence-electron chi connectivity index (χ1n) is 11.6. The van der Waals surface area contributed by atoms with Crippen LogP contribution in [0.4, 0.5) is 0 Å². The molecule has 4 rings (SSSR count). The SMILES string of the molecule is CCOCCCCCC1C[C@@H]2[C@H](CC[C@]3(C)[C@@H](O)CC[C@@H]23)c2ccc(O)cc21. The van der Waals surface area contributed by atoms with Crippen LogP contribution in [0.1, 0.15) is 94.6 Å². The Balaban J connectivity index is 1.52. The van der Waals surface area contributed by atoms with Gasteiger partial charge in [-0.1, -0.05) is 25.8 Å². The van der Waals surface area contributed by atoms with Crippen molar-refractivity contribution in [3.05, 3.63) is 29.3 Å². The lowest BCUT2D eigenvalue weighted by Gasteiger charge is -2.51. The molecule has 1 aromatic carbocycles. The van der Waals surface area contributed by atoms with E-state index in [0.717, 1.165) is 32.5 Å². The van der Waals surface area contributed by atoms with E-state index < -0.39 is 0 Å². The summed E-state index contributed by atoms with van der Waals surface area (Å²) in [5, 5.41) is 20.8. The highest BCUT2D eigenvalue weighted by molar-refractivity contribution is 5.42. The Hall–Kier alpha value is -1.06. The minimum atomic E-state index is -0.114. The number of ether oxygens (including phenoxy) is 1. The average Bonchev–Trinajstić information content (AvgIpc) is 2.99. The first-order chi connectivity index (χ1) is 13.5. The molecule has 3 aliphatic carbocycles. The molecule has 3 aliphatic rings. The van der Waals surface area contributed by atoms with E-state index in [2.05, 4.69) is 19.9 Å². The molecule has 0 aliphatic heterocycles. The average molecular weight is 387 g/mol. The monoisotopic (exact) mass is 386 g/mol. The van der Waals surface area contributed by atoms with Gasteiger partial charge in [0.05, 0.1) is 6.10 Å². The van der Waals surface area contributed by atoms with Gasteiger partial charge < -0.3 is 14.9 Å². The molecule has 2 saturated carbocycles. The number of hydrogen-bond acceptors (Lipinski definition) is 3.